The number of rotatable bonds is 7. The molecule has 7 rings (SSSR count). The number of carbonyl (C=O) groups excluding carboxylic acids is 2. The van der Waals surface area contributed by atoms with Crippen LogP contribution < -0.4 is 9.47 Å². The molecule has 0 spiro atoms. The van der Waals surface area contributed by atoms with Gasteiger partial charge in [-0.05, 0) is 38.0 Å². The number of carboxylic acid groups (broad SMARTS) is 1. The lowest BCUT2D eigenvalue weighted by Crippen LogP contribution is -2.55. The summed E-state index contributed by atoms with van der Waals surface area (Å²) in [6.45, 7) is 0. The number of methoxy groups -OCH3 is 1. The minimum Gasteiger partial charge on any atom is -0.493 e. The Hall–Kier alpha value is -3.86. The molecule has 4 saturated carbocycles. The van der Waals surface area contributed by atoms with Gasteiger partial charge < -0.3 is 14.6 Å². The van der Waals surface area contributed by atoms with Gasteiger partial charge in [-0.15, -0.1) is 0 Å². The van der Waals surface area contributed by atoms with E-state index in [2.05, 4.69) is 0 Å². The van der Waals surface area contributed by atoms with Crippen molar-refractivity contribution in [2.75, 3.05) is 7.11 Å². The second kappa shape index (κ2) is 10.4. The number of halogens is 4. The molecule has 4 aliphatic rings. The maximum Gasteiger partial charge on any atom is 0.341 e. The number of ether oxygens (including phenoxy) is 2. The second-order valence-electron chi connectivity index (χ2n) is 11.2. The molecule has 0 radical (unpaired) electrons. The molecule has 4 aliphatic carbocycles. The summed E-state index contributed by atoms with van der Waals surface area (Å²) in [5.74, 6) is -6.17. The Labute approximate surface area is 241 Å². The fraction of sp³-hybridized carbons (Fsp3) is 0.323. The third-order valence-corrected chi connectivity index (χ3v) is 10.7. The van der Waals surface area contributed by atoms with Crippen molar-refractivity contribution in [2.45, 2.75) is 46.8 Å². The zero-order chi connectivity index (χ0) is 29.9. The highest BCUT2D eigenvalue weighted by molar-refractivity contribution is 7.97. The van der Waals surface area contributed by atoms with Crippen molar-refractivity contribution in [3.8, 4) is 11.5 Å². The molecule has 6 nitrogen and oxygen atoms in total. The van der Waals surface area contributed by atoms with Crippen molar-refractivity contribution < 1.29 is 46.5 Å². The van der Waals surface area contributed by atoms with E-state index >= 15 is 0 Å². The number of hydrogen-bond donors (Lipinski definition) is 1. The molecule has 4 fully saturated rings. The SMILES string of the molecule is COc1cc(C(=O)O)c([S+](c2cc(F)cc(F)c2)c2cc(F)cc(F)c2)cc1OC(=O)C12CC3CC(C1)C(=O)C(C3)C2. The van der Waals surface area contributed by atoms with Crippen molar-refractivity contribution in [1.29, 1.82) is 0 Å². The van der Waals surface area contributed by atoms with Crippen molar-refractivity contribution in [3.05, 3.63) is 77.4 Å². The molecule has 4 bridgehead atoms. The van der Waals surface area contributed by atoms with Crippen molar-refractivity contribution in [1.82, 2.24) is 0 Å². The van der Waals surface area contributed by atoms with Gasteiger partial charge in [0.25, 0.3) is 0 Å². The summed E-state index contributed by atoms with van der Waals surface area (Å²) >= 11 is 0. The third-order valence-electron chi connectivity index (χ3n) is 8.49. The summed E-state index contributed by atoms with van der Waals surface area (Å²) in [7, 11) is -0.516. The van der Waals surface area contributed by atoms with Crippen LogP contribution in [0.3, 0.4) is 0 Å². The molecule has 0 heterocycles. The molecule has 2 atom stereocenters. The van der Waals surface area contributed by atoms with E-state index in [9.17, 15) is 37.1 Å². The Balaban J connectivity index is 1.48. The van der Waals surface area contributed by atoms with E-state index < -0.39 is 51.5 Å². The standard InChI is InChI=1S/C31H24F4O6S/c1-40-25-10-24(29(37)38)27(42(22-6-18(32)4-19(33)7-22)23-8-20(34)5-21(35)9-23)11-26(25)41-30(39)31-12-15-2-16(13-31)28(36)17(3-15)14-31/h4-11,15-17H,2-3,12-14H2,1H3/p+1. The Bertz CT molecular complexity index is 1530. The minimum absolute atomic E-state index is 0.0929. The number of esters is 1. The fourth-order valence-corrected chi connectivity index (χ4v) is 9.30. The highest BCUT2D eigenvalue weighted by Crippen LogP contribution is 2.59. The third kappa shape index (κ3) is 4.93. The zero-order valence-electron chi connectivity index (χ0n) is 22.3. The Morgan fingerprint density at radius 3 is 1.81 bits per heavy atom. The zero-order valence-corrected chi connectivity index (χ0v) is 23.1. The molecule has 11 heteroatoms. The highest BCUT2D eigenvalue weighted by atomic mass is 32.2. The molecular formula is C31H25F4O6S+. The first-order chi connectivity index (χ1) is 20.0. The topological polar surface area (TPSA) is 89.9 Å². The number of hydrogen-bond acceptors (Lipinski definition) is 5. The fourth-order valence-electron chi connectivity index (χ4n) is 7.00. The first-order valence-corrected chi connectivity index (χ1v) is 14.6. The van der Waals surface area contributed by atoms with E-state index in [0.717, 1.165) is 43.2 Å². The number of ketones is 1. The van der Waals surface area contributed by atoms with Crippen LogP contribution in [0.5, 0.6) is 11.5 Å². The van der Waals surface area contributed by atoms with E-state index in [1.54, 1.807) is 0 Å². The summed E-state index contributed by atoms with van der Waals surface area (Å²) in [5.41, 5.74) is -1.26. The summed E-state index contributed by atoms with van der Waals surface area (Å²) in [5, 5.41) is 10.1. The smallest absolute Gasteiger partial charge is 0.341 e. The molecule has 3 aromatic rings. The maximum atomic E-state index is 14.4. The van der Waals surface area contributed by atoms with Crippen LogP contribution in [0.4, 0.5) is 17.6 Å². The van der Waals surface area contributed by atoms with Gasteiger partial charge >= 0.3 is 11.9 Å². The predicted molar refractivity (Wildman–Crippen MR) is 141 cm³/mol. The van der Waals surface area contributed by atoms with Crippen molar-refractivity contribution in [2.24, 2.45) is 23.2 Å². The molecule has 2 unspecified atom stereocenters. The largest absolute Gasteiger partial charge is 0.493 e. The first-order valence-electron chi connectivity index (χ1n) is 13.3. The Morgan fingerprint density at radius 1 is 0.810 bits per heavy atom. The lowest BCUT2D eigenvalue weighted by Gasteiger charge is -2.53. The van der Waals surface area contributed by atoms with Crippen LogP contribution in [0.1, 0.15) is 42.5 Å². The number of Topliss-reactive ketones (excluding diaryl/α,β-unsaturated/α-hetero) is 1. The second-order valence-corrected chi connectivity index (χ2v) is 13.2. The van der Waals surface area contributed by atoms with Gasteiger partial charge in [-0.3, -0.25) is 9.59 Å². The summed E-state index contributed by atoms with van der Waals surface area (Å²) in [6.07, 6.45) is 2.82. The predicted octanol–water partition coefficient (Wildman–Crippen LogP) is 6.35. The van der Waals surface area contributed by atoms with Crippen LogP contribution in [-0.4, -0.2) is 29.9 Å². The molecule has 1 N–H and O–H groups in total. The molecule has 0 aliphatic heterocycles. The van der Waals surface area contributed by atoms with Crippen LogP contribution >= 0.6 is 0 Å². The molecule has 3 aromatic carbocycles. The van der Waals surface area contributed by atoms with Crippen LogP contribution in [0.25, 0.3) is 0 Å². The highest BCUT2D eigenvalue weighted by Gasteiger charge is 2.59. The van der Waals surface area contributed by atoms with E-state index in [0.29, 0.717) is 31.4 Å². The van der Waals surface area contributed by atoms with Gasteiger partial charge in [0.2, 0.25) is 0 Å². The monoisotopic (exact) mass is 601 g/mol. The molecule has 0 aromatic heterocycles. The van der Waals surface area contributed by atoms with Gasteiger partial charge in [0.05, 0.1) is 12.5 Å². The van der Waals surface area contributed by atoms with Crippen LogP contribution in [0.15, 0.2) is 63.2 Å². The van der Waals surface area contributed by atoms with Crippen molar-refractivity contribution in [3.63, 3.8) is 0 Å². The van der Waals surface area contributed by atoms with Gasteiger partial charge in [-0.2, -0.15) is 0 Å². The lowest BCUT2D eigenvalue weighted by atomic mass is 9.49. The van der Waals surface area contributed by atoms with E-state index in [4.69, 9.17) is 9.47 Å². The Morgan fingerprint density at radius 2 is 1.33 bits per heavy atom. The molecule has 0 amide bonds. The number of aromatic carboxylic acids is 1. The Kier molecular flexibility index (Phi) is 7.03. The number of carboxylic acids is 1. The molecular weight excluding hydrogens is 576 g/mol. The summed E-state index contributed by atoms with van der Waals surface area (Å²) in [4.78, 5) is 38.5. The quantitative estimate of drug-likeness (QED) is 0.147. The van der Waals surface area contributed by atoms with E-state index in [1.807, 2.05) is 0 Å². The van der Waals surface area contributed by atoms with Gasteiger partial charge in [0.15, 0.2) is 26.2 Å². The normalized spacial score (nSPS) is 24.2. The maximum absolute atomic E-state index is 14.4. The number of benzene rings is 3. The molecule has 218 valence electrons. The van der Waals surface area contributed by atoms with Gasteiger partial charge in [0.1, 0.15) is 45.5 Å². The van der Waals surface area contributed by atoms with E-state index in [1.165, 1.54) is 13.2 Å². The van der Waals surface area contributed by atoms with Gasteiger partial charge in [-0.25, -0.2) is 22.4 Å². The van der Waals surface area contributed by atoms with Crippen LogP contribution in [-0.2, 0) is 20.5 Å². The summed E-state index contributed by atoms with van der Waals surface area (Å²) < 4.78 is 68.8. The summed E-state index contributed by atoms with van der Waals surface area (Å²) in [6, 6.07) is 7.34. The number of carbonyl (C=O) groups is 3. The molecule has 42 heavy (non-hydrogen) atoms. The first kappa shape index (κ1) is 28.3. The van der Waals surface area contributed by atoms with Crippen LogP contribution in [0.2, 0.25) is 0 Å². The molecule has 0 saturated heterocycles. The van der Waals surface area contributed by atoms with Crippen molar-refractivity contribution >= 4 is 28.6 Å². The average molecular weight is 602 g/mol. The van der Waals surface area contributed by atoms with Crippen LogP contribution in [0, 0.1) is 46.4 Å². The van der Waals surface area contributed by atoms with Gasteiger partial charge in [-0.1, -0.05) is 0 Å². The minimum atomic E-state index is -1.77. The average Bonchev–Trinajstić information content (AvgIpc) is 2.90. The van der Waals surface area contributed by atoms with Gasteiger partial charge in [0, 0.05) is 60.4 Å². The van der Waals surface area contributed by atoms with E-state index in [-0.39, 0.29) is 55.3 Å². The lowest BCUT2D eigenvalue weighted by molar-refractivity contribution is -0.167.